The van der Waals surface area contributed by atoms with Crippen molar-refractivity contribution in [2.45, 2.75) is 224 Å². The van der Waals surface area contributed by atoms with Crippen LogP contribution in [0.15, 0.2) is 36.5 Å². The number of unbranched alkanes of at least 4 members (excludes halogenated alkanes) is 19. The molecule has 1 aliphatic carbocycles. The van der Waals surface area contributed by atoms with E-state index in [-0.39, 0.29) is 12.8 Å². The number of hydrogen-bond acceptors (Lipinski definition) is 12. The molecule has 4 unspecified atom stereocenters. The third-order valence-electron chi connectivity index (χ3n) is 10.5. The van der Waals surface area contributed by atoms with E-state index >= 15 is 0 Å². The lowest BCUT2D eigenvalue weighted by Crippen LogP contribution is -2.64. The zero-order valence-corrected chi connectivity index (χ0v) is 37.2. The zero-order valence-electron chi connectivity index (χ0n) is 36.3. The van der Waals surface area contributed by atoms with Crippen molar-refractivity contribution in [3.05, 3.63) is 36.5 Å². The number of carbonyl (C=O) groups excluding carboxylic acids is 2. The lowest BCUT2D eigenvalue weighted by molar-refractivity contribution is -0.220. The Morgan fingerprint density at radius 2 is 0.949 bits per heavy atom. The molecule has 0 radical (unpaired) electrons. The monoisotopic (exact) mass is 861 g/mol. The van der Waals surface area contributed by atoms with E-state index in [1.165, 1.54) is 103 Å². The summed E-state index contributed by atoms with van der Waals surface area (Å²) in [5, 5.41) is 50.1. The Kier molecular flexibility index (Phi) is 33.3. The van der Waals surface area contributed by atoms with E-state index < -0.39 is 75.7 Å². The lowest BCUT2D eigenvalue weighted by atomic mass is 9.85. The number of rotatable bonds is 37. The SMILES string of the molecule is CCCCCCCCC/C=C\C/C=C\C/C=C\CCC(=O)OC(COC(=O)CCCCCCCCCCCCCCC)COP(=O)(O)OC1[C@@H](O)[C@H](O)C(O)[C@H](O)[C@@H]1O. The van der Waals surface area contributed by atoms with Gasteiger partial charge in [-0.25, -0.2) is 4.57 Å². The summed E-state index contributed by atoms with van der Waals surface area (Å²) < 4.78 is 33.4. The average molecular weight is 861 g/mol. The topological polar surface area (TPSA) is 210 Å². The maximum Gasteiger partial charge on any atom is 0.472 e. The Morgan fingerprint density at radius 1 is 0.525 bits per heavy atom. The van der Waals surface area contributed by atoms with E-state index in [0.29, 0.717) is 19.3 Å². The smallest absolute Gasteiger partial charge is 0.462 e. The number of carbonyl (C=O) groups is 2. The van der Waals surface area contributed by atoms with Crippen molar-refractivity contribution in [1.29, 1.82) is 0 Å². The predicted octanol–water partition coefficient (Wildman–Crippen LogP) is 8.61. The summed E-state index contributed by atoms with van der Waals surface area (Å²) in [6.07, 6.45) is 26.5. The van der Waals surface area contributed by atoms with Gasteiger partial charge in [0, 0.05) is 12.8 Å². The third-order valence-corrected chi connectivity index (χ3v) is 11.5. The summed E-state index contributed by atoms with van der Waals surface area (Å²) in [5.41, 5.74) is 0. The van der Waals surface area contributed by atoms with Crippen molar-refractivity contribution in [3.8, 4) is 0 Å². The summed E-state index contributed by atoms with van der Waals surface area (Å²) in [4.78, 5) is 35.6. The van der Waals surface area contributed by atoms with Crippen LogP contribution in [0.25, 0.3) is 0 Å². The van der Waals surface area contributed by atoms with Gasteiger partial charge in [-0.1, -0.05) is 166 Å². The van der Waals surface area contributed by atoms with Crippen LogP contribution in [0.4, 0.5) is 0 Å². The van der Waals surface area contributed by atoms with Crippen molar-refractivity contribution in [2.75, 3.05) is 13.2 Å². The molecule has 0 amide bonds. The molecule has 0 spiro atoms. The molecule has 1 aliphatic rings. The fourth-order valence-corrected chi connectivity index (χ4v) is 7.76. The van der Waals surface area contributed by atoms with Crippen LogP contribution >= 0.6 is 7.82 Å². The Bertz CT molecular complexity index is 1180. The van der Waals surface area contributed by atoms with Crippen molar-refractivity contribution < 1.29 is 63.1 Å². The Morgan fingerprint density at radius 3 is 1.46 bits per heavy atom. The third kappa shape index (κ3) is 28.3. The maximum absolute atomic E-state index is 12.8. The van der Waals surface area contributed by atoms with Gasteiger partial charge in [-0.2, -0.15) is 0 Å². The fourth-order valence-electron chi connectivity index (χ4n) is 6.79. The minimum Gasteiger partial charge on any atom is -0.462 e. The minimum atomic E-state index is -5.13. The normalized spacial score (nSPS) is 22.6. The van der Waals surface area contributed by atoms with Crippen LogP contribution in [0.3, 0.4) is 0 Å². The molecule has 1 saturated carbocycles. The summed E-state index contributed by atoms with van der Waals surface area (Å²) in [5.74, 6) is -1.18. The van der Waals surface area contributed by atoms with Crippen LogP contribution in [-0.4, -0.2) is 98.3 Å². The highest BCUT2D eigenvalue weighted by atomic mass is 31.2. The van der Waals surface area contributed by atoms with E-state index in [9.17, 15) is 44.6 Å². The van der Waals surface area contributed by atoms with Gasteiger partial charge in [0.1, 0.15) is 43.2 Å². The molecule has 1 fully saturated rings. The number of aliphatic hydroxyl groups is 5. The maximum atomic E-state index is 12.8. The highest BCUT2D eigenvalue weighted by Gasteiger charge is 2.51. The quantitative estimate of drug-likeness (QED) is 0.0150. The summed E-state index contributed by atoms with van der Waals surface area (Å²) in [6, 6.07) is 0. The van der Waals surface area contributed by atoms with Crippen LogP contribution in [0, 0.1) is 0 Å². The van der Waals surface area contributed by atoms with Crippen molar-refractivity contribution >= 4 is 19.8 Å². The number of hydrogen-bond donors (Lipinski definition) is 6. The number of aliphatic hydroxyl groups excluding tert-OH is 5. The Labute approximate surface area is 355 Å². The van der Waals surface area contributed by atoms with Gasteiger partial charge in [0.25, 0.3) is 0 Å². The second-order valence-corrected chi connectivity index (χ2v) is 17.3. The van der Waals surface area contributed by atoms with Crippen molar-refractivity contribution in [1.82, 2.24) is 0 Å². The lowest BCUT2D eigenvalue weighted by Gasteiger charge is -2.41. The number of phosphoric ester groups is 1. The van der Waals surface area contributed by atoms with E-state index in [4.69, 9.17) is 18.5 Å². The van der Waals surface area contributed by atoms with Crippen LogP contribution < -0.4 is 0 Å². The Balaban J connectivity index is 2.52. The molecule has 0 aromatic heterocycles. The van der Waals surface area contributed by atoms with Crippen LogP contribution in [0.5, 0.6) is 0 Å². The molecule has 0 heterocycles. The first-order chi connectivity index (χ1) is 28.4. The molecule has 344 valence electrons. The van der Waals surface area contributed by atoms with E-state index in [0.717, 1.165) is 32.1 Å². The highest BCUT2D eigenvalue weighted by molar-refractivity contribution is 7.47. The highest BCUT2D eigenvalue weighted by Crippen LogP contribution is 2.47. The first kappa shape index (κ1) is 55.1. The number of allylic oxidation sites excluding steroid dienone is 6. The summed E-state index contributed by atoms with van der Waals surface area (Å²) in [6.45, 7) is 3.24. The van der Waals surface area contributed by atoms with Gasteiger partial charge in [-0.3, -0.25) is 18.6 Å². The molecule has 13 nitrogen and oxygen atoms in total. The van der Waals surface area contributed by atoms with Gasteiger partial charge >= 0.3 is 19.8 Å². The van der Waals surface area contributed by atoms with Crippen molar-refractivity contribution in [3.63, 3.8) is 0 Å². The second-order valence-electron chi connectivity index (χ2n) is 15.9. The molecule has 0 aromatic rings. The standard InChI is InChI=1S/C45H81O13P/c1-3-5-7-9-11-13-15-17-18-19-20-22-24-26-28-30-32-34-39(47)57-37(36-56-59(53,54)58-45-43(51)41(49)40(48)42(50)44(45)52)35-55-38(46)33-31-29-27-25-23-21-16-14-12-10-8-6-4-2/h18-19,22,24,28,30,37,40-45,48-52H,3-17,20-21,23,25-27,29,31-36H2,1-2H3,(H,53,54)/b19-18-,24-22-,30-28-/t37?,40?,41-,42+,43-,44-,45?/m0/s1. The van der Waals surface area contributed by atoms with E-state index in [1.54, 1.807) is 0 Å². The number of esters is 2. The molecule has 0 saturated heterocycles. The molecule has 6 N–H and O–H groups in total. The van der Waals surface area contributed by atoms with Crippen LogP contribution in [-0.2, 0) is 32.7 Å². The zero-order chi connectivity index (χ0) is 43.6. The van der Waals surface area contributed by atoms with Gasteiger partial charge in [0.2, 0.25) is 0 Å². The Hall–Kier alpha value is -1.93. The molecular formula is C45H81O13P. The number of ether oxygens (including phenoxy) is 2. The first-order valence-electron chi connectivity index (χ1n) is 22.8. The van der Waals surface area contributed by atoms with Crippen molar-refractivity contribution in [2.24, 2.45) is 0 Å². The van der Waals surface area contributed by atoms with Crippen LogP contribution in [0.1, 0.15) is 181 Å². The molecule has 8 atom stereocenters. The van der Waals surface area contributed by atoms with Gasteiger partial charge < -0.3 is 39.9 Å². The van der Waals surface area contributed by atoms with Gasteiger partial charge in [0.05, 0.1) is 6.61 Å². The first-order valence-corrected chi connectivity index (χ1v) is 24.3. The minimum absolute atomic E-state index is 0.0171. The van der Waals surface area contributed by atoms with Gasteiger partial charge in [-0.05, 0) is 38.5 Å². The van der Waals surface area contributed by atoms with Crippen LogP contribution in [0.2, 0.25) is 0 Å². The summed E-state index contributed by atoms with van der Waals surface area (Å²) >= 11 is 0. The summed E-state index contributed by atoms with van der Waals surface area (Å²) in [7, 11) is -5.13. The predicted molar refractivity (Wildman–Crippen MR) is 230 cm³/mol. The molecule has 1 rings (SSSR count). The van der Waals surface area contributed by atoms with Gasteiger partial charge in [0.15, 0.2) is 6.10 Å². The average Bonchev–Trinajstić information content (AvgIpc) is 3.21. The van der Waals surface area contributed by atoms with E-state index in [2.05, 4.69) is 38.2 Å². The largest absolute Gasteiger partial charge is 0.472 e. The molecule has 0 bridgehead atoms. The van der Waals surface area contributed by atoms with E-state index in [1.807, 2.05) is 12.2 Å². The molecule has 0 aromatic carbocycles. The molecule has 0 aliphatic heterocycles. The second kappa shape index (κ2) is 35.6. The fraction of sp³-hybridized carbons (Fsp3) is 0.822. The molecule has 14 heteroatoms. The van der Waals surface area contributed by atoms with Gasteiger partial charge in [-0.15, -0.1) is 0 Å². The molecular weight excluding hydrogens is 779 g/mol. The molecule has 59 heavy (non-hydrogen) atoms. The number of phosphoric acid groups is 1.